The van der Waals surface area contributed by atoms with Crippen molar-refractivity contribution < 1.29 is 24.7 Å². The molecule has 3 aromatic rings. The quantitative estimate of drug-likeness (QED) is 0.231. The van der Waals surface area contributed by atoms with Gasteiger partial charge in [0.25, 0.3) is 5.91 Å². The van der Waals surface area contributed by atoms with E-state index in [1.807, 2.05) is 18.2 Å². The lowest BCUT2D eigenvalue weighted by Gasteiger charge is -2.16. The number of benzene rings is 3. The molecular formula is C24H16BrN3O6S. The van der Waals surface area contributed by atoms with Crippen LogP contribution in [0.15, 0.2) is 81.1 Å². The van der Waals surface area contributed by atoms with E-state index in [0.29, 0.717) is 22.0 Å². The van der Waals surface area contributed by atoms with Crippen LogP contribution in [0.2, 0.25) is 0 Å². The van der Waals surface area contributed by atoms with Crippen molar-refractivity contribution in [3.05, 3.63) is 103 Å². The highest BCUT2D eigenvalue weighted by molar-refractivity contribution is 9.10. The van der Waals surface area contributed by atoms with Gasteiger partial charge in [-0.1, -0.05) is 30.3 Å². The molecule has 4 rings (SSSR count). The topological polar surface area (TPSA) is 133 Å². The Kier molecular flexibility index (Phi) is 6.99. The number of nitrogens with zero attached hydrogens (tertiary/aromatic N) is 3. The van der Waals surface area contributed by atoms with Crippen molar-refractivity contribution in [3.8, 4) is 5.75 Å². The van der Waals surface area contributed by atoms with E-state index in [1.54, 1.807) is 24.3 Å². The monoisotopic (exact) mass is 553 g/mol. The predicted octanol–water partition coefficient (Wildman–Crippen LogP) is 5.57. The second kappa shape index (κ2) is 10.1. The molecule has 9 nitrogen and oxygen atoms in total. The summed E-state index contributed by atoms with van der Waals surface area (Å²) in [5, 5.41) is 30.7. The van der Waals surface area contributed by atoms with Crippen LogP contribution in [0.25, 0.3) is 6.08 Å². The molecule has 176 valence electrons. The SMILES string of the molecule is O=C(O)c1ccc(CN2C(=O)/C(=C\c3cc(Br)c(O)c([N+](=O)[O-])c3)SC2=Nc2ccccc2)cc1. The number of rotatable bonds is 6. The molecule has 35 heavy (non-hydrogen) atoms. The molecule has 0 unspecified atom stereocenters. The van der Waals surface area contributed by atoms with Crippen LogP contribution in [0.4, 0.5) is 11.4 Å². The van der Waals surface area contributed by atoms with E-state index in [0.717, 1.165) is 11.8 Å². The van der Waals surface area contributed by atoms with Gasteiger partial charge in [-0.3, -0.25) is 19.8 Å². The molecule has 0 saturated carbocycles. The maximum absolute atomic E-state index is 13.3. The summed E-state index contributed by atoms with van der Waals surface area (Å²) in [4.78, 5) is 41.4. The summed E-state index contributed by atoms with van der Waals surface area (Å²) < 4.78 is 0.127. The van der Waals surface area contributed by atoms with Crippen LogP contribution < -0.4 is 0 Å². The fraction of sp³-hybridized carbons (Fsp3) is 0.0417. The van der Waals surface area contributed by atoms with Crippen molar-refractivity contribution in [2.45, 2.75) is 6.54 Å². The van der Waals surface area contributed by atoms with Crippen molar-refractivity contribution >= 4 is 62.2 Å². The fourth-order valence-electron chi connectivity index (χ4n) is 3.26. The number of para-hydroxylation sites is 1. The number of aromatic hydroxyl groups is 1. The Hall–Kier alpha value is -3.96. The average Bonchev–Trinajstić information content (AvgIpc) is 3.10. The van der Waals surface area contributed by atoms with E-state index in [2.05, 4.69) is 20.9 Å². The van der Waals surface area contributed by atoms with Crippen molar-refractivity contribution in [1.29, 1.82) is 0 Å². The summed E-state index contributed by atoms with van der Waals surface area (Å²) in [5.41, 5.74) is 1.33. The normalized spacial score (nSPS) is 15.7. The highest BCUT2D eigenvalue weighted by atomic mass is 79.9. The van der Waals surface area contributed by atoms with Crippen molar-refractivity contribution in [2.24, 2.45) is 4.99 Å². The number of carbonyl (C=O) groups excluding carboxylic acids is 1. The van der Waals surface area contributed by atoms with Crippen LogP contribution in [0.5, 0.6) is 5.75 Å². The molecular weight excluding hydrogens is 538 g/mol. The Bertz CT molecular complexity index is 1390. The van der Waals surface area contributed by atoms with Gasteiger partial charge in [-0.15, -0.1) is 0 Å². The van der Waals surface area contributed by atoms with Gasteiger partial charge in [0.1, 0.15) is 0 Å². The summed E-state index contributed by atoms with van der Waals surface area (Å²) in [7, 11) is 0. The molecule has 1 heterocycles. The summed E-state index contributed by atoms with van der Waals surface area (Å²) in [6, 6.07) is 17.9. The third kappa shape index (κ3) is 5.42. The second-order valence-electron chi connectivity index (χ2n) is 7.36. The third-order valence-electron chi connectivity index (χ3n) is 4.97. The summed E-state index contributed by atoms with van der Waals surface area (Å²) in [6.07, 6.45) is 1.50. The maximum Gasteiger partial charge on any atom is 0.335 e. The van der Waals surface area contributed by atoms with Crippen molar-refractivity contribution in [1.82, 2.24) is 4.90 Å². The molecule has 0 aliphatic carbocycles. The lowest BCUT2D eigenvalue weighted by Crippen LogP contribution is -2.28. The van der Waals surface area contributed by atoms with E-state index < -0.39 is 22.3 Å². The number of hydrogen-bond donors (Lipinski definition) is 2. The molecule has 3 aromatic carbocycles. The highest BCUT2D eigenvalue weighted by Crippen LogP contribution is 2.39. The van der Waals surface area contributed by atoms with Gasteiger partial charge in [0, 0.05) is 6.07 Å². The zero-order valence-electron chi connectivity index (χ0n) is 17.8. The smallest absolute Gasteiger partial charge is 0.335 e. The number of carboxylic acids is 1. The Morgan fingerprint density at radius 2 is 1.83 bits per heavy atom. The van der Waals surface area contributed by atoms with Gasteiger partial charge < -0.3 is 10.2 Å². The number of aliphatic imine (C=N–C) groups is 1. The van der Waals surface area contributed by atoms with Crippen LogP contribution >= 0.6 is 27.7 Å². The van der Waals surface area contributed by atoms with Gasteiger partial charge in [0.05, 0.1) is 32.1 Å². The first kappa shape index (κ1) is 24.2. The minimum absolute atomic E-state index is 0.127. The number of phenols is 1. The molecule has 1 aliphatic heterocycles. The Balaban J connectivity index is 1.72. The number of nitro groups is 1. The number of carbonyl (C=O) groups is 2. The van der Waals surface area contributed by atoms with Gasteiger partial charge in [-0.05, 0) is 75.2 Å². The van der Waals surface area contributed by atoms with E-state index in [9.17, 15) is 24.8 Å². The van der Waals surface area contributed by atoms with Crippen LogP contribution in [0.3, 0.4) is 0 Å². The number of amidine groups is 1. The standard InChI is InChI=1S/C24H16BrN3O6S/c25-18-10-15(11-19(21(18)29)28(33)34)12-20-22(30)27(13-14-6-8-16(9-7-14)23(31)32)24(35-20)26-17-4-2-1-3-5-17/h1-12,29H,13H2,(H,31,32)/b20-12+,26-24?. The molecule has 11 heteroatoms. The number of hydrogen-bond acceptors (Lipinski definition) is 7. The summed E-state index contributed by atoms with van der Waals surface area (Å²) in [6.45, 7) is 0.147. The number of thioether (sulfide) groups is 1. The molecule has 0 radical (unpaired) electrons. The molecule has 0 bridgehead atoms. The molecule has 1 aliphatic rings. The maximum atomic E-state index is 13.3. The highest BCUT2D eigenvalue weighted by Gasteiger charge is 2.34. The summed E-state index contributed by atoms with van der Waals surface area (Å²) >= 11 is 4.22. The molecule has 0 atom stereocenters. The number of carboxylic acid groups (broad SMARTS) is 1. The molecule has 0 aromatic heterocycles. The Labute approximate surface area is 211 Å². The minimum atomic E-state index is -1.05. The van der Waals surface area contributed by atoms with Crippen molar-refractivity contribution in [2.75, 3.05) is 0 Å². The number of aromatic carboxylic acids is 1. The molecule has 1 amide bonds. The van der Waals surface area contributed by atoms with Gasteiger partial charge in [0.15, 0.2) is 5.17 Å². The molecule has 1 saturated heterocycles. The van der Waals surface area contributed by atoms with E-state index in [4.69, 9.17) is 5.11 Å². The zero-order valence-corrected chi connectivity index (χ0v) is 20.2. The number of halogens is 1. The fourth-order valence-corrected chi connectivity index (χ4v) is 4.72. The largest absolute Gasteiger partial charge is 0.501 e. The van der Waals surface area contributed by atoms with Crippen LogP contribution in [-0.2, 0) is 11.3 Å². The predicted molar refractivity (Wildman–Crippen MR) is 136 cm³/mol. The van der Waals surface area contributed by atoms with Gasteiger partial charge in [0.2, 0.25) is 5.75 Å². The number of nitro benzene ring substituents is 1. The van der Waals surface area contributed by atoms with Crippen LogP contribution in [-0.4, -0.2) is 37.1 Å². The lowest BCUT2D eigenvalue weighted by molar-refractivity contribution is -0.386. The number of amides is 1. The summed E-state index contributed by atoms with van der Waals surface area (Å²) in [5.74, 6) is -1.91. The number of phenolic OH excluding ortho intramolecular Hbond substituents is 1. The average molecular weight is 554 g/mol. The van der Waals surface area contributed by atoms with Gasteiger partial charge in [-0.25, -0.2) is 9.79 Å². The lowest BCUT2D eigenvalue weighted by atomic mass is 10.1. The third-order valence-corrected chi connectivity index (χ3v) is 6.58. The zero-order chi connectivity index (χ0) is 25.1. The van der Waals surface area contributed by atoms with Gasteiger partial charge in [-0.2, -0.15) is 0 Å². The first-order valence-corrected chi connectivity index (χ1v) is 11.7. The van der Waals surface area contributed by atoms with Crippen LogP contribution in [0, 0.1) is 10.1 Å². The van der Waals surface area contributed by atoms with Crippen LogP contribution in [0.1, 0.15) is 21.5 Å². The molecule has 2 N–H and O–H groups in total. The first-order valence-electron chi connectivity index (χ1n) is 10.1. The van der Waals surface area contributed by atoms with E-state index in [1.165, 1.54) is 35.2 Å². The second-order valence-corrected chi connectivity index (χ2v) is 9.22. The van der Waals surface area contributed by atoms with Gasteiger partial charge >= 0.3 is 11.7 Å². The van der Waals surface area contributed by atoms with E-state index in [-0.39, 0.29) is 27.4 Å². The first-order chi connectivity index (χ1) is 16.7. The van der Waals surface area contributed by atoms with Crippen molar-refractivity contribution in [3.63, 3.8) is 0 Å². The van der Waals surface area contributed by atoms with E-state index >= 15 is 0 Å². The molecule has 1 fully saturated rings. The minimum Gasteiger partial charge on any atom is -0.501 e. The molecule has 0 spiro atoms. The Morgan fingerprint density at radius 3 is 2.46 bits per heavy atom. The Morgan fingerprint density at radius 1 is 1.14 bits per heavy atom.